The summed E-state index contributed by atoms with van der Waals surface area (Å²) in [4.78, 5) is 0. The number of hydrogen-bond donors (Lipinski definition) is 5. The zero-order chi connectivity index (χ0) is 8.85. The van der Waals surface area contributed by atoms with Crippen molar-refractivity contribution in [2.45, 2.75) is 18.3 Å². The third-order valence-electron chi connectivity index (χ3n) is 1.39. The van der Waals surface area contributed by atoms with Crippen molar-refractivity contribution in [1.82, 2.24) is 5.32 Å². The molecule has 68 valence electrons. The second kappa shape index (κ2) is 5.45. The summed E-state index contributed by atoms with van der Waals surface area (Å²) in [6, 6.07) is 0. The largest absolute Gasteiger partial charge is 0.394 e. The van der Waals surface area contributed by atoms with Crippen LogP contribution in [0.4, 0.5) is 0 Å². The van der Waals surface area contributed by atoms with Crippen LogP contribution in [0.1, 0.15) is 0 Å². The minimum Gasteiger partial charge on any atom is -0.394 e. The number of likely N-dealkylation sites (N-methyl/N-ethyl adjacent to an activating group) is 1. The molecular formula is C6H15NO4. The first-order valence-electron chi connectivity index (χ1n) is 3.43. The van der Waals surface area contributed by atoms with E-state index in [0.29, 0.717) is 0 Å². The fourth-order valence-corrected chi connectivity index (χ4v) is 0.694. The monoisotopic (exact) mass is 165 g/mol. The van der Waals surface area contributed by atoms with E-state index in [1.54, 1.807) is 7.05 Å². The Morgan fingerprint density at radius 3 is 2.09 bits per heavy atom. The van der Waals surface area contributed by atoms with Crippen LogP contribution in [0.5, 0.6) is 0 Å². The van der Waals surface area contributed by atoms with Crippen LogP contribution >= 0.6 is 0 Å². The van der Waals surface area contributed by atoms with Crippen LogP contribution in [0.25, 0.3) is 0 Å². The molecule has 0 aliphatic heterocycles. The molecule has 11 heavy (non-hydrogen) atoms. The van der Waals surface area contributed by atoms with Crippen LogP contribution in [0, 0.1) is 0 Å². The van der Waals surface area contributed by atoms with Crippen LogP contribution in [-0.2, 0) is 0 Å². The van der Waals surface area contributed by atoms with Gasteiger partial charge in [0.15, 0.2) is 0 Å². The molecule has 0 spiro atoms. The standard InChI is InChI=1S/C6H15NO4/c1-7-2-4(9)6(11)5(10)3-8/h4-11H,2-3H2,1H3. The maximum Gasteiger partial charge on any atom is 0.109 e. The third kappa shape index (κ3) is 3.64. The quantitative estimate of drug-likeness (QED) is 0.305. The lowest BCUT2D eigenvalue weighted by molar-refractivity contribution is -0.0745. The zero-order valence-electron chi connectivity index (χ0n) is 6.44. The van der Waals surface area contributed by atoms with Crippen molar-refractivity contribution in [3.8, 4) is 0 Å². The van der Waals surface area contributed by atoms with Crippen molar-refractivity contribution in [2.75, 3.05) is 20.2 Å². The van der Waals surface area contributed by atoms with Gasteiger partial charge in [0, 0.05) is 6.54 Å². The van der Waals surface area contributed by atoms with Gasteiger partial charge in [-0.05, 0) is 7.05 Å². The molecule has 0 aromatic heterocycles. The van der Waals surface area contributed by atoms with Crippen LogP contribution in [0.2, 0.25) is 0 Å². The van der Waals surface area contributed by atoms with Crippen molar-refractivity contribution in [3.63, 3.8) is 0 Å². The highest BCUT2D eigenvalue weighted by atomic mass is 16.4. The van der Waals surface area contributed by atoms with Crippen LogP contribution in [-0.4, -0.2) is 58.9 Å². The molecule has 0 saturated heterocycles. The molecule has 5 N–H and O–H groups in total. The predicted octanol–water partition coefficient (Wildman–Crippen LogP) is -2.72. The van der Waals surface area contributed by atoms with Gasteiger partial charge in [0.2, 0.25) is 0 Å². The van der Waals surface area contributed by atoms with E-state index in [2.05, 4.69) is 5.32 Å². The zero-order valence-corrected chi connectivity index (χ0v) is 6.44. The summed E-state index contributed by atoms with van der Waals surface area (Å²) < 4.78 is 0. The van der Waals surface area contributed by atoms with Gasteiger partial charge in [-0.3, -0.25) is 0 Å². The Morgan fingerprint density at radius 1 is 1.18 bits per heavy atom. The summed E-state index contributed by atoms with van der Waals surface area (Å²) in [6.07, 6.45) is -3.63. The first kappa shape index (κ1) is 10.8. The predicted molar refractivity (Wildman–Crippen MR) is 39.0 cm³/mol. The molecule has 0 rings (SSSR count). The molecule has 0 heterocycles. The molecule has 3 unspecified atom stereocenters. The Morgan fingerprint density at radius 2 is 1.73 bits per heavy atom. The lowest BCUT2D eigenvalue weighted by Gasteiger charge is -2.20. The van der Waals surface area contributed by atoms with Gasteiger partial charge in [-0.2, -0.15) is 0 Å². The molecular weight excluding hydrogens is 150 g/mol. The van der Waals surface area contributed by atoms with Gasteiger partial charge < -0.3 is 25.7 Å². The first-order valence-corrected chi connectivity index (χ1v) is 3.43. The number of rotatable bonds is 5. The van der Waals surface area contributed by atoms with E-state index >= 15 is 0 Å². The Hall–Kier alpha value is -0.200. The van der Waals surface area contributed by atoms with Crippen LogP contribution in [0.3, 0.4) is 0 Å². The Labute approximate surface area is 65.3 Å². The Balaban J connectivity index is 3.70. The smallest absolute Gasteiger partial charge is 0.109 e. The van der Waals surface area contributed by atoms with Gasteiger partial charge in [0.25, 0.3) is 0 Å². The van der Waals surface area contributed by atoms with Crippen molar-refractivity contribution < 1.29 is 20.4 Å². The van der Waals surface area contributed by atoms with E-state index in [9.17, 15) is 0 Å². The highest BCUT2D eigenvalue weighted by molar-refractivity contribution is 4.75. The first-order chi connectivity index (χ1) is 5.13. The summed E-state index contributed by atoms with van der Waals surface area (Å²) in [5, 5.41) is 37.9. The van der Waals surface area contributed by atoms with E-state index in [4.69, 9.17) is 20.4 Å². The van der Waals surface area contributed by atoms with Crippen molar-refractivity contribution >= 4 is 0 Å². The highest BCUT2D eigenvalue weighted by Gasteiger charge is 2.22. The average molecular weight is 165 g/mol. The van der Waals surface area contributed by atoms with Gasteiger partial charge in [-0.25, -0.2) is 0 Å². The van der Waals surface area contributed by atoms with Crippen LogP contribution < -0.4 is 5.32 Å². The van der Waals surface area contributed by atoms with Crippen molar-refractivity contribution in [3.05, 3.63) is 0 Å². The van der Waals surface area contributed by atoms with E-state index in [0.717, 1.165) is 0 Å². The van der Waals surface area contributed by atoms with E-state index in [1.165, 1.54) is 0 Å². The van der Waals surface area contributed by atoms with Gasteiger partial charge in [0.05, 0.1) is 12.7 Å². The molecule has 0 aliphatic rings. The molecule has 0 radical (unpaired) electrons. The summed E-state index contributed by atoms with van der Waals surface area (Å²) in [5.41, 5.74) is 0. The topological polar surface area (TPSA) is 93.0 Å². The maximum atomic E-state index is 9.04. The number of nitrogens with one attached hydrogen (secondary N) is 1. The molecule has 0 bridgehead atoms. The van der Waals surface area contributed by atoms with E-state index in [1.807, 2.05) is 0 Å². The number of aliphatic hydroxyl groups excluding tert-OH is 4. The summed E-state index contributed by atoms with van der Waals surface area (Å²) >= 11 is 0. The lowest BCUT2D eigenvalue weighted by Crippen LogP contribution is -2.43. The molecule has 0 aliphatic carbocycles. The molecule has 0 saturated carbocycles. The second-order valence-electron chi connectivity index (χ2n) is 2.37. The average Bonchev–Trinajstić information content (AvgIpc) is 2.02. The summed E-state index contributed by atoms with van der Waals surface area (Å²) in [7, 11) is 1.61. The van der Waals surface area contributed by atoms with Crippen molar-refractivity contribution in [1.29, 1.82) is 0 Å². The van der Waals surface area contributed by atoms with E-state index in [-0.39, 0.29) is 6.54 Å². The second-order valence-corrected chi connectivity index (χ2v) is 2.37. The molecule has 0 aromatic carbocycles. The fourth-order valence-electron chi connectivity index (χ4n) is 0.694. The lowest BCUT2D eigenvalue weighted by atomic mass is 10.1. The number of aliphatic hydroxyl groups is 4. The maximum absolute atomic E-state index is 9.04. The van der Waals surface area contributed by atoms with E-state index < -0.39 is 24.9 Å². The molecule has 0 aromatic rings. The SMILES string of the molecule is CNCC(O)C(O)C(O)CO. The molecule has 0 amide bonds. The Bertz CT molecular complexity index is 101. The van der Waals surface area contributed by atoms with Gasteiger partial charge >= 0.3 is 0 Å². The molecule has 0 fully saturated rings. The number of hydrogen-bond acceptors (Lipinski definition) is 5. The minimum atomic E-state index is -1.30. The normalized spacial score (nSPS) is 19.4. The fraction of sp³-hybridized carbons (Fsp3) is 1.00. The van der Waals surface area contributed by atoms with Gasteiger partial charge in [-0.1, -0.05) is 0 Å². The van der Waals surface area contributed by atoms with Crippen molar-refractivity contribution in [2.24, 2.45) is 0 Å². The van der Waals surface area contributed by atoms with Gasteiger partial charge in [-0.15, -0.1) is 0 Å². The molecule has 3 atom stereocenters. The minimum absolute atomic E-state index is 0.179. The van der Waals surface area contributed by atoms with Crippen LogP contribution in [0.15, 0.2) is 0 Å². The Kier molecular flexibility index (Phi) is 5.35. The summed E-state index contributed by atoms with van der Waals surface area (Å²) in [6.45, 7) is -0.375. The summed E-state index contributed by atoms with van der Waals surface area (Å²) in [5.74, 6) is 0. The molecule has 5 heteroatoms. The van der Waals surface area contributed by atoms with Gasteiger partial charge in [0.1, 0.15) is 12.2 Å². The third-order valence-corrected chi connectivity index (χ3v) is 1.39. The molecule has 5 nitrogen and oxygen atoms in total. The highest BCUT2D eigenvalue weighted by Crippen LogP contribution is 1.98.